The summed E-state index contributed by atoms with van der Waals surface area (Å²) in [5, 5.41) is 0. The summed E-state index contributed by atoms with van der Waals surface area (Å²) in [7, 11) is 1.35. The first-order chi connectivity index (χ1) is 10.4. The van der Waals surface area contributed by atoms with Crippen LogP contribution in [0, 0.1) is 6.92 Å². The molecule has 0 unspecified atom stereocenters. The van der Waals surface area contributed by atoms with E-state index in [-0.39, 0.29) is 0 Å². The number of benzene rings is 1. The first-order valence-electron chi connectivity index (χ1n) is 5.68. The molecule has 0 bridgehead atoms. The normalized spacial score (nSPS) is 10.3. The Balaban J connectivity index is 0. The number of alkyl halides is 6. The summed E-state index contributed by atoms with van der Waals surface area (Å²) in [5.74, 6) is -4.34. The van der Waals surface area contributed by atoms with Crippen molar-refractivity contribution in [1.29, 1.82) is 0 Å². The van der Waals surface area contributed by atoms with Crippen LogP contribution in [0.5, 0.6) is 0 Å². The smallest absolute Gasteiger partial charge is 0.462 e. The van der Waals surface area contributed by atoms with Gasteiger partial charge in [-0.15, -0.1) is 0 Å². The second kappa shape index (κ2) is 10.5. The maximum absolute atomic E-state index is 11.0. The topological polar surface area (TPSA) is 52.6 Å². The molecule has 0 aliphatic carbocycles. The molecule has 0 aromatic heterocycles. The largest absolute Gasteiger partial charge is 0.490 e. The molecule has 0 atom stereocenters. The predicted octanol–water partition coefficient (Wildman–Crippen LogP) is 3.44. The lowest BCUT2D eigenvalue weighted by molar-refractivity contribution is -0.196. The summed E-state index contributed by atoms with van der Waals surface area (Å²) in [6, 6.07) is 10.3. The Hall–Kier alpha value is -2.26. The van der Waals surface area contributed by atoms with E-state index >= 15 is 0 Å². The van der Waals surface area contributed by atoms with Gasteiger partial charge >= 0.3 is 24.3 Å². The van der Waals surface area contributed by atoms with Crippen LogP contribution in [0.15, 0.2) is 30.3 Å². The molecule has 0 amide bonds. The molecule has 1 aromatic rings. The molecule has 0 heterocycles. The van der Waals surface area contributed by atoms with Gasteiger partial charge in [-0.05, 0) is 6.92 Å². The van der Waals surface area contributed by atoms with Crippen molar-refractivity contribution in [3.8, 4) is 0 Å². The summed E-state index contributed by atoms with van der Waals surface area (Å²) in [4.78, 5) is 19.0. The van der Waals surface area contributed by atoms with Gasteiger partial charge in [-0.2, -0.15) is 26.3 Å². The van der Waals surface area contributed by atoms with Gasteiger partial charge in [0.2, 0.25) is 0 Å². The zero-order valence-corrected chi connectivity index (χ0v) is 12.3. The lowest BCUT2D eigenvalue weighted by atomic mass is 10.2. The second-order valence-corrected chi connectivity index (χ2v) is 3.63. The van der Waals surface area contributed by atoms with Gasteiger partial charge in [0.1, 0.15) is 0 Å². The number of methoxy groups -OCH3 is 2. The molecule has 10 heteroatoms. The van der Waals surface area contributed by atoms with Crippen LogP contribution >= 0.6 is 0 Å². The van der Waals surface area contributed by atoms with Crippen molar-refractivity contribution < 1.29 is 45.4 Å². The number of esters is 2. The van der Waals surface area contributed by atoms with Crippen LogP contribution in [0.4, 0.5) is 26.3 Å². The predicted molar refractivity (Wildman–Crippen MR) is 67.3 cm³/mol. The van der Waals surface area contributed by atoms with Crippen molar-refractivity contribution in [2.45, 2.75) is 19.3 Å². The van der Waals surface area contributed by atoms with Gasteiger partial charge in [-0.1, -0.05) is 35.9 Å². The van der Waals surface area contributed by atoms with Gasteiger partial charge in [-0.25, -0.2) is 9.59 Å². The number of halogens is 6. The third-order valence-corrected chi connectivity index (χ3v) is 1.77. The zero-order chi connectivity index (χ0) is 18.7. The number of carbonyl (C=O) groups is 2. The van der Waals surface area contributed by atoms with Gasteiger partial charge in [0.15, 0.2) is 0 Å². The number of ether oxygens (including phenoxy) is 2. The van der Waals surface area contributed by atoms with E-state index in [4.69, 9.17) is 0 Å². The van der Waals surface area contributed by atoms with Crippen molar-refractivity contribution in [3.05, 3.63) is 35.9 Å². The molecule has 0 aliphatic heterocycles. The SMILES string of the molecule is COC(=O)C(F)(F)F.COC(=O)C(F)(F)F.Cc1ccccc1. The van der Waals surface area contributed by atoms with Gasteiger partial charge in [0.25, 0.3) is 0 Å². The molecule has 0 aliphatic rings. The zero-order valence-electron chi connectivity index (χ0n) is 12.3. The molecule has 0 saturated carbocycles. The molecule has 23 heavy (non-hydrogen) atoms. The minimum atomic E-state index is -4.85. The fourth-order valence-corrected chi connectivity index (χ4v) is 0.766. The molecule has 132 valence electrons. The molecule has 1 rings (SSSR count). The standard InChI is InChI=1S/C7H8.2C3H3F3O2/c1-7-5-3-2-4-6-7;2*1-8-2(7)3(4,5)6/h2-6H,1H3;2*1H3. The highest BCUT2D eigenvalue weighted by molar-refractivity contribution is 5.75. The molecule has 0 N–H and O–H groups in total. The van der Waals surface area contributed by atoms with Crippen molar-refractivity contribution in [1.82, 2.24) is 0 Å². The number of rotatable bonds is 0. The number of hydrogen-bond acceptors (Lipinski definition) is 4. The van der Waals surface area contributed by atoms with E-state index in [0.29, 0.717) is 14.2 Å². The van der Waals surface area contributed by atoms with Gasteiger partial charge in [-0.3, -0.25) is 0 Å². The minimum absolute atomic E-state index is 0.676. The van der Waals surface area contributed by atoms with Crippen LogP contribution < -0.4 is 0 Å². The molecular weight excluding hydrogens is 334 g/mol. The maximum atomic E-state index is 11.0. The first kappa shape index (κ1) is 23.0. The van der Waals surface area contributed by atoms with Gasteiger partial charge in [0.05, 0.1) is 14.2 Å². The van der Waals surface area contributed by atoms with Crippen LogP contribution in [-0.2, 0) is 19.1 Å². The van der Waals surface area contributed by atoms with Crippen molar-refractivity contribution in [2.24, 2.45) is 0 Å². The highest BCUT2D eigenvalue weighted by Crippen LogP contribution is 2.15. The Morgan fingerprint density at radius 1 is 0.783 bits per heavy atom. The van der Waals surface area contributed by atoms with E-state index in [2.05, 4.69) is 28.5 Å². The molecule has 4 nitrogen and oxygen atoms in total. The third-order valence-electron chi connectivity index (χ3n) is 1.77. The Bertz CT molecular complexity index is 442. The highest BCUT2D eigenvalue weighted by atomic mass is 19.4. The molecule has 1 aromatic carbocycles. The summed E-state index contributed by atoms with van der Waals surface area (Å²) < 4.78 is 72.6. The summed E-state index contributed by atoms with van der Waals surface area (Å²) in [6.07, 6.45) is -9.70. The van der Waals surface area contributed by atoms with Crippen LogP contribution in [0.2, 0.25) is 0 Å². The van der Waals surface area contributed by atoms with Crippen molar-refractivity contribution >= 4 is 11.9 Å². The average Bonchev–Trinajstić information content (AvgIpc) is 2.45. The van der Waals surface area contributed by atoms with E-state index < -0.39 is 24.3 Å². The molecule has 0 fully saturated rings. The maximum Gasteiger partial charge on any atom is 0.490 e. The summed E-state index contributed by atoms with van der Waals surface area (Å²) in [6.45, 7) is 2.08. The van der Waals surface area contributed by atoms with Crippen LogP contribution in [0.3, 0.4) is 0 Å². The van der Waals surface area contributed by atoms with Crippen LogP contribution in [0.25, 0.3) is 0 Å². The van der Waals surface area contributed by atoms with Crippen molar-refractivity contribution in [2.75, 3.05) is 14.2 Å². The number of hydrogen-bond donors (Lipinski definition) is 0. The Morgan fingerprint density at radius 2 is 1.09 bits per heavy atom. The van der Waals surface area contributed by atoms with E-state index in [1.807, 2.05) is 18.2 Å². The summed E-state index contributed by atoms with van der Waals surface area (Å²) >= 11 is 0. The summed E-state index contributed by atoms with van der Waals surface area (Å²) in [5.41, 5.74) is 1.32. The quantitative estimate of drug-likeness (QED) is 0.532. The van der Waals surface area contributed by atoms with Gasteiger partial charge < -0.3 is 9.47 Å². The minimum Gasteiger partial charge on any atom is -0.462 e. The average molecular weight is 348 g/mol. The fourth-order valence-electron chi connectivity index (χ4n) is 0.766. The number of aryl methyl sites for hydroxylation is 1. The van der Waals surface area contributed by atoms with E-state index in [1.165, 1.54) is 5.56 Å². The Labute approximate surface area is 128 Å². The molecule has 0 radical (unpaired) electrons. The van der Waals surface area contributed by atoms with E-state index in [0.717, 1.165) is 0 Å². The molecular formula is C13H14F6O4. The van der Waals surface area contributed by atoms with Crippen LogP contribution in [0.1, 0.15) is 5.56 Å². The number of carbonyl (C=O) groups excluding carboxylic acids is 2. The fraction of sp³-hybridized carbons (Fsp3) is 0.385. The highest BCUT2D eigenvalue weighted by Gasteiger charge is 2.40. The first-order valence-corrected chi connectivity index (χ1v) is 5.68. The molecule has 0 saturated heterocycles. The lowest BCUT2D eigenvalue weighted by Crippen LogP contribution is -2.23. The Morgan fingerprint density at radius 3 is 1.17 bits per heavy atom. The van der Waals surface area contributed by atoms with Crippen molar-refractivity contribution in [3.63, 3.8) is 0 Å². The van der Waals surface area contributed by atoms with E-state index in [1.54, 1.807) is 0 Å². The second-order valence-electron chi connectivity index (χ2n) is 3.63. The van der Waals surface area contributed by atoms with Gasteiger partial charge in [0, 0.05) is 0 Å². The van der Waals surface area contributed by atoms with E-state index in [9.17, 15) is 35.9 Å². The third kappa shape index (κ3) is 13.1. The Kier molecular flexibility index (Phi) is 10.5. The van der Waals surface area contributed by atoms with Crippen LogP contribution in [-0.4, -0.2) is 38.5 Å². The monoisotopic (exact) mass is 348 g/mol. The molecule has 0 spiro atoms. The lowest BCUT2D eigenvalue weighted by Gasteiger charge is -1.99.